The van der Waals surface area contributed by atoms with E-state index >= 15 is 0 Å². The molecular weight excluding hydrogens is 322 g/mol. The zero-order valence-electron chi connectivity index (χ0n) is 11.6. The first-order valence-corrected chi connectivity index (χ1v) is 8.03. The summed E-state index contributed by atoms with van der Waals surface area (Å²) in [4.78, 5) is 2.30. The maximum absolute atomic E-state index is 12.6. The van der Waals surface area contributed by atoms with Crippen LogP contribution >= 0.6 is 22.9 Å². The Hall–Kier alpha value is -1.71. The lowest BCUT2D eigenvalue weighted by atomic mass is 10.1. The van der Waals surface area contributed by atoms with Crippen LogP contribution in [0.2, 0.25) is 5.02 Å². The summed E-state index contributed by atoms with van der Waals surface area (Å²) < 4.78 is 25.1. The first kappa shape index (κ1) is 15.2. The van der Waals surface area contributed by atoms with Crippen molar-refractivity contribution in [2.45, 2.75) is 12.8 Å². The van der Waals surface area contributed by atoms with Crippen LogP contribution in [-0.2, 0) is 6.42 Å². The van der Waals surface area contributed by atoms with Gasteiger partial charge in [0.25, 0.3) is 6.43 Å². The highest BCUT2D eigenvalue weighted by atomic mass is 35.5. The van der Waals surface area contributed by atoms with Gasteiger partial charge in [-0.25, -0.2) is 8.78 Å². The Morgan fingerprint density at radius 1 is 0.955 bits per heavy atom. The molecule has 0 aliphatic carbocycles. The highest BCUT2D eigenvalue weighted by molar-refractivity contribution is 7.15. The Kier molecular flexibility index (Phi) is 4.55. The molecule has 1 heterocycles. The molecule has 0 aliphatic rings. The van der Waals surface area contributed by atoms with E-state index in [4.69, 9.17) is 11.6 Å². The van der Waals surface area contributed by atoms with E-state index in [1.54, 1.807) is 23.5 Å². The molecule has 3 aromatic rings. The Balaban J connectivity index is 1.78. The molecule has 0 saturated heterocycles. The Bertz CT molecular complexity index is 763. The summed E-state index contributed by atoms with van der Waals surface area (Å²) in [6.07, 6.45) is -1.60. The Morgan fingerprint density at radius 3 is 2.41 bits per heavy atom. The first-order chi connectivity index (χ1) is 10.6. The molecule has 0 nitrogen and oxygen atoms in total. The van der Waals surface area contributed by atoms with Gasteiger partial charge in [0, 0.05) is 26.8 Å². The Labute approximate surface area is 137 Å². The average Bonchev–Trinajstić information content (AvgIpc) is 2.96. The molecule has 0 fully saturated rings. The SMILES string of the molecule is FC(F)c1ccc(-c2ccc(Cc3cccc(Cl)c3)s2)cc1. The fourth-order valence-electron chi connectivity index (χ4n) is 2.27. The summed E-state index contributed by atoms with van der Waals surface area (Å²) in [5.74, 6) is 0. The number of benzene rings is 2. The van der Waals surface area contributed by atoms with E-state index in [2.05, 4.69) is 6.07 Å². The fourth-order valence-corrected chi connectivity index (χ4v) is 3.53. The minimum Gasteiger partial charge on any atom is -0.205 e. The van der Waals surface area contributed by atoms with Crippen molar-refractivity contribution in [2.75, 3.05) is 0 Å². The van der Waals surface area contributed by atoms with Crippen LogP contribution in [0.1, 0.15) is 22.4 Å². The van der Waals surface area contributed by atoms with Crippen molar-refractivity contribution >= 4 is 22.9 Å². The third-order valence-corrected chi connectivity index (χ3v) is 4.75. The third kappa shape index (κ3) is 3.54. The highest BCUT2D eigenvalue weighted by Gasteiger charge is 2.08. The van der Waals surface area contributed by atoms with Crippen LogP contribution in [-0.4, -0.2) is 0 Å². The standard InChI is InChI=1S/C18H13ClF2S/c19-15-3-1-2-12(10-15)11-16-8-9-17(22-16)13-4-6-14(7-5-13)18(20)21/h1-10,18H,11H2. The quantitative estimate of drug-likeness (QED) is 0.504. The van der Waals surface area contributed by atoms with Gasteiger partial charge in [-0.3, -0.25) is 0 Å². The number of halogens is 3. The second kappa shape index (κ2) is 6.59. The maximum atomic E-state index is 12.6. The molecule has 112 valence electrons. The molecule has 4 heteroatoms. The van der Waals surface area contributed by atoms with E-state index < -0.39 is 6.43 Å². The minimum atomic E-state index is -2.42. The molecule has 0 radical (unpaired) electrons. The molecule has 0 atom stereocenters. The molecule has 1 aromatic heterocycles. The molecule has 22 heavy (non-hydrogen) atoms. The highest BCUT2D eigenvalue weighted by Crippen LogP contribution is 2.31. The van der Waals surface area contributed by atoms with Crippen molar-refractivity contribution in [3.05, 3.63) is 81.7 Å². The number of rotatable bonds is 4. The molecule has 0 bridgehead atoms. The van der Waals surface area contributed by atoms with Crippen LogP contribution in [0.25, 0.3) is 10.4 Å². The summed E-state index contributed by atoms with van der Waals surface area (Å²) in [6.45, 7) is 0. The summed E-state index contributed by atoms with van der Waals surface area (Å²) >= 11 is 7.66. The largest absolute Gasteiger partial charge is 0.263 e. The number of thiophene rings is 1. The van der Waals surface area contributed by atoms with Gasteiger partial charge in [-0.1, -0.05) is 48.0 Å². The molecular formula is C18H13ClF2S. The van der Waals surface area contributed by atoms with Crippen molar-refractivity contribution in [1.29, 1.82) is 0 Å². The topological polar surface area (TPSA) is 0 Å². The first-order valence-electron chi connectivity index (χ1n) is 6.83. The van der Waals surface area contributed by atoms with Crippen molar-refractivity contribution in [3.63, 3.8) is 0 Å². The Morgan fingerprint density at radius 2 is 1.73 bits per heavy atom. The van der Waals surface area contributed by atoms with Crippen molar-refractivity contribution in [2.24, 2.45) is 0 Å². The van der Waals surface area contributed by atoms with E-state index in [0.29, 0.717) is 0 Å². The molecule has 3 rings (SSSR count). The average molecular weight is 335 g/mol. The lowest BCUT2D eigenvalue weighted by Crippen LogP contribution is -1.83. The van der Waals surface area contributed by atoms with Gasteiger partial charge >= 0.3 is 0 Å². The van der Waals surface area contributed by atoms with Gasteiger partial charge in [0.15, 0.2) is 0 Å². The van der Waals surface area contributed by atoms with Crippen molar-refractivity contribution in [1.82, 2.24) is 0 Å². The minimum absolute atomic E-state index is 0.0551. The summed E-state index contributed by atoms with van der Waals surface area (Å²) in [6, 6.07) is 18.4. The number of hydrogen-bond donors (Lipinski definition) is 0. The number of alkyl halides is 2. The van der Waals surface area contributed by atoms with Gasteiger partial charge in [-0.2, -0.15) is 0 Å². The van der Waals surface area contributed by atoms with E-state index in [9.17, 15) is 8.78 Å². The van der Waals surface area contributed by atoms with Crippen LogP contribution in [0.15, 0.2) is 60.7 Å². The normalized spacial score (nSPS) is 11.1. The lowest BCUT2D eigenvalue weighted by Gasteiger charge is -2.02. The summed E-state index contributed by atoms with van der Waals surface area (Å²) in [5.41, 5.74) is 2.18. The fraction of sp³-hybridized carbons (Fsp3) is 0.111. The molecule has 0 N–H and O–H groups in total. The van der Waals surface area contributed by atoms with E-state index in [1.165, 1.54) is 17.0 Å². The lowest BCUT2D eigenvalue weighted by molar-refractivity contribution is 0.151. The number of hydrogen-bond acceptors (Lipinski definition) is 1. The molecule has 0 spiro atoms. The molecule has 0 aliphatic heterocycles. The van der Waals surface area contributed by atoms with E-state index in [-0.39, 0.29) is 5.56 Å². The van der Waals surface area contributed by atoms with Crippen LogP contribution in [0.4, 0.5) is 8.78 Å². The van der Waals surface area contributed by atoms with Gasteiger partial charge in [-0.05, 0) is 35.4 Å². The van der Waals surface area contributed by atoms with Gasteiger partial charge < -0.3 is 0 Å². The summed E-state index contributed by atoms with van der Waals surface area (Å²) in [5, 5.41) is 0.733. The van der Waals surface area contributed by atoms with Crippen LogP contribution in [0, 0.1) is 0 Å². The van der Waals surface area contributed by atoms with Gasteiger partial charge in [-0.15, -0.1) is 11.3 Å². The van der Waals surface area contributed by atoms with E-state index in [1.807, 2.05) is 30.3 Å². The molecule has 0 unspecified atom stereocenters. The second-order valence-electron chi connectivity index (χ2n) is 5.00. The third-order valence-electron chi connectivity index (χ3n) is 3.38. The maximum Gasteiger partial charge on any atom is 0.263 e. The molecule has 0 amide bonds. The predicted octanol–water partition coefficient (Wildman–Crippen LogP) is 6.60. The monoisotopic (exact) mass is 334 g/mol. The molecule has 2 aromatic carbocycles. The van der Waals surface area contributed by atoms with E-state index in [0.717, 1.165) is 27.4 Å². The second-order valence-corrected chi connectivity index (χ2v) is 6.60. The zero-order valence-corrected chi connectivity index (χ0v) is 13.2. The predicted molar refractivity (Wildman–Crippen MR) is 89.0 cm³/mol. The molecule has 0 saturated carbocycles. The van der Waals surface area contributed by atoms with Gasteiger partial charge in [0.1, 0.15) is 0 Å². The van der Waals surface area contributed by atoms with Crippen LogP contribution in [0.3, 0.4) is 0 Å². The van der Waals surface area contributed by atoms with Gasteiger partial charge in [0.2, 0.25) is 0 Å². The van der Waals surface area contributed by atoms with Gasteiger partial charge in [0.05, 0.1) is 0 Å². The van der Waals surface area contributed by atoms with Crippen molar-refractivity contribution < 1.29 is 8.78 Å². The van der Waals surface area contributed by atoms with Crippen LogP contribution in [0.5, 0.6) is 0 Å². The smallest absolute Gasteiger partial charge is 0.205 e. The zero-order chi connectivity index (χ0) is 15.5. The van der Waals surface area contributed by atoms with Crippen LogP contribution < -0.4 is 0 Å². The summed E-state index contributed by atoms with van der Waals surface area (Å²) in [7, 11) is 0. The van der Waals surface area contributed by atoms with Crippen molar-refractivity contribution in [3.8, 4) is 10.4 Å².